The number of aromatic nitrogens is 4. The van der Waals surface area contributed by atoms with Crippen LogP contribution in [0.3, 0.4) is 0 Å². The third kappa shape index (κ3) is 4.28. The van der Waals surface area contributed by atoms with E-state index in [9.17, 15) is 9.59 Å². The molecule has 0 spiro atoms. The highest BCUT2D eigenvalue weighted by Gasteiger charge is 2.18. The summed E-state index contributed by atoms with van der Waals surface area (Å²) in [6.45, 7) is 2.78. The normalized spacial score (nSPS) is 11.3. The van der Waals surface area contributed by atoms with Crippen LogP contribution in [0.15, 0.2) is 63.2 Å². The van der Waals surface area contributed by atoms with Crippen molar-refractivity contribution in [2.75, 3.05) is 12.0 Å². The molecule has 0 aliphatic rings. The Labute approximate surface area is 187 Å². The number of hydrogen-bond donors (Lipinski definition) is 2. The monoisotopic (exact) mass is 452 g/mol. The van der Waals surface area contributed by atoms with Gasteiger partial charge in [0, 0.05) is 12.1 Å². The number of hydrogen-bond acceptors (Lipinski definition) is 6. The van der Waals surface area contributed by atoms with E-state index in [1.165, 1.54) is 4.57 Å². The van der Waals surface area contributed by atoms with E-state index < -0.39 is 11.2 Å². The number of aromatic amines is 1. The zero-order valence-electron chi connectivity index (χ0n) is 17.5. The second-order valence-corrected chi connectivity index (χ2v) is 7.38. The summed E-state index contributed by atoms with van der Waals surface area (Å²) in [5, 5.41) is 4.81. The summed E-state index contributed by atoms with van der Waals surface area (Å²) in [7, 11) is 1.54. The SMILES string of the molecule is CCOc1ccc(/C=N/Nc2nc3c(c(=O)[nH]c(=O)n3C)n2Cc2ccccc2Cl)cc1. The van der Waals surface area contributed by atoms with Crippen molar-refractivity contribution < 1.29 is 4.74 Å². The summed E-state index contributed by atoms with van der Waals surface area (Å²) in [6.07, 6.45) is 1.62. The number of fused-ring (bicyclic) bond motifs is 1. The quantitative estimate of drug-likeness (QED) is 0.331. The first-order valence-electron chi connectivity index (χ1n) is 9.92. The smallest absolute Gasteiger partial charge is 0.329 e. The van der Waals surface area contributed by atoms with E-state index in [1.54, 1.807) is 23.9 Å². The number of nitrogens with one attached hydrogen (secondary N) is 2. The van der Waals surface area contributed by atoms with Crippen molar-refractivity contribution in [1.82, 2.24) is 19.1 Å². The molecule has 164 valence electrons. The molecule has 2 N–H and O–H groups in total. The van der Waals surface area contributed by atoms with Crippen molar-refractivity contribution in [3.8, 4) is 5.75 Å². The van der Waals surface area contributed by atoms with E-state index in [4.69, 9.17) is 16.3 Å². The van der Waals surface area contributed by atoms with Crippen molar-refractivity contribution in [2.45, 2.75) is 13.5 Å². The second kappa shape index (κ2) is 9.11. The van der Waals surface area contributed by atoms with Crippen LogP contribution in [-0.4, -0.2) is 31.9 Å². The van der Waals surface area contributed by atoms with Crippen molar-refractivity contribution in [3.63, 3.8) is 0 Å². The zero-order chi connectivity index (χ0) is 22.7. The number of hydrazone groups is 1. The van der Waals surface area contributed by atoms with Crippen molar-refractivity contribution >= 4 is 34.9 Å². The van der Waals surface area contributed by atoms with Gasteiger partial charge in [-0.3, -0.25) is 18.9 Å². The highest BCUT2D eigenvalue weighted by atomic mass is 35.5. The van der Waals surface area contributed by atoms with Gasteiger partial charge < -0.3 is 4.74 Å². The number of halogens is 1. The molecular formula is C22H21ClN6O3. The fourth-order valence-corrected chi connectivity index (χ4v) is 3.45. The molecule has 0 bridgehead atoms. The Bertz CT molecular complexity index is 1400. The predicted molar refractivity (Wildman–Crippen MR) is 125 cm³/mol. The lowest BCUT2D eigenvalue weighted by atomic mass is 10.2. The van der Waals surface area contributed by atoms with E-state index in [0.29, 0.717) is 17.6 Å². The Morgan fingerprint density at radius 2 is 1.94 bits per heavy atom. The number of imidazole rings is 1. The number of aryl methyl sites for hydroxylation is 1. The Kier molecular flexibility index (Phi) is 6.09. The fraction of sp³-hybridized carbons (Fsp3) is 0.182. The number of anilines is 1. The molecule has 0 atom stereocenters. The standard InChI is InChI=1S/C22H21ClN6O3/c1-3-32-16-10-8-14(9-11-16)12-24-27-21-25-19-18(20(30)26-22(31)28(19)2)29(21)13-15-6-4-5-7-17(15)23/h4-12H,3,13H2,1-2H3,(H,25,27)(H,26,30,31)/b24-12+. The average Bonchev–Trinajstić information content (AvgIpc) is 3.14. The maximum atomic E-state index is 12.6. The van der Waals surface area contributed by atoms with Crippen LogP contribution in [-0.2, 0) is 13.6 Å². The lowest BCUT2D eigenvalue weighted by molar-refractivity contribution is 0.340. The average molecular weight is 453 g/mol. The van der Waals surface area contributed by atoms with E-state index in [-0.39, 0.29) is 17.7 Å². The van der Waals surface area contributed by atoms with Gasteiger partial charge in [-0.05, 0) is 48.4 Å². The largest absolute Gasteiger partial charge is 0.494 e. The van der Waals surface area contributed by atoms with Crippen molar-refractivity contribution in [3.05, 3.63) is 85.5 Å². The highest BCUT2D eigenvalue weighted by Crippen LogP contribution is 2.22. The molecule has 2 aromatic carbocycles. The van der Waals surface area contributed by atoms with Crippen LogP contribution in [0, 0.1) is 0 Å². The molecule has 32 heavy (non-hydrogen) atoms. The van der Waals surface area contributed by atoms with Gasteiger partial charge in [0.2, 0.25) is 5.95 Å². The molecule has 4 aromatic rings. The summed E-state index contributed by atoms with van der Waals surface area (Å²) in [4.78, 5) is 31.4. The van der Waals surface area contributed by atoms with E-state index in [0.717, 1.165) is 16.9 Å². The molecule has 0 unspecified atom stereocenters. The minimum absolute atomic E-state index is 0.240. The van der Waals surface area contributed by atoms with Gasteiger partial charge in [0.15, 0.2) is 11.2 Å². The molecule has 2 heterocycles. The molecular weight excluding hydrogens is 432 g/mol. The zero-order valence-corrected chi connectivity index (χ0v) is 18.3. The van der Waals surface area contributed by atoms with Gasteiger partial charge in [-0.25, -0.2) is 10.2 Å². The number of rotatable bonds is 7. The van der Waals surface area contributed by atoms with Crippen LogP contribution >= 0.6 is 11.6 Å². The Hall–Kier alpha value is -3.85. The van der Waals surface area contributed by atoms with Gasteiger partial charge in [-0.2, -0.15) is 10.1 Å². The molecule has 0 saturated carbocycles. The van der Waals surface area contributed by atoms with E-state index in [1.807, 2.05) is 49.4 Å². The Balaban J connectivity index is 1.72. The van der Waals surface area contributed by atoms with Gasteiger partial charge in [0.05, 0.1) is 19.4 Å². The molecule has 2 aromatic heterocycles. The van der Waals surface area contributed by atoms with Crippen LogP contribution in [0.1, 0.15) is 18.1 Å². The van der Waals surface area contributed by atoms with Gasteiger partial charge >= 0.3 is 5.69 Å². The molecule has 9 nitrogen and oxygen atoms in total. The Morgan fingerprint density at radius 1 is 1.19 bits per heavy atom. The summed E-state index contributed by atoms with van der Waals surface area (Å²) in [5.41, 5.74) is 3.92. The minimum Gasteiger partial charge on any atom is -0.494 e. The van der Waals surface area contributed by atoms with Crippen LogP contribution < -0.4 is 21.4 Å². The first-order valence-corrected chi connectivity index (χ1v) is 10.3. The molecule has 0 fully saturated rings. The maximum Gasteiger partial charge on any atom is 0.329 e. The Morgan fingerprint density at radius 3 is 2.66 bits per heavy atom. The van der Waals surface area contributed by atoms with Crippen LogP contribution in [0.25, 0.3) is 11.2 Å². The first kappa shape index (κ1) is 21.4. The molecule has 0 aliphatic carbocycles. The maximum absolute atomic E-state index is 12.6. The number of H-pyrrole nitrogens is 1. The lowest BCUT2D eigenvalue weighted by Gasteiger charge is -2.09. The number of benzene rings is 2. The topological polar surface area (TPSA) is 106 Å². The fourth-order valence-electron chi connectivity index (χ4n) is 3.25. The van der Waals surface area contributed by atoms with Crippen molar-refractivity contribution in [2.24, 2.45) is 12.1 Å². The summed E-state index contributed by atoms with van der Waals surface area (Å²) in [6, 6.07) is 14.8. The minimum atomic E-state index is -0.547. The van der Waals surface area contributed by atoms with Crippen LogP contribution in [0.4, 0.5) is 5.95 Å². The first-order chi connectivity index (χ1) is 15.5. The third-order valence-electron chi connectivity index (χ3n) is 4.86. The molecule has 0 aliphatic heterocycles. The van der Waals surface area contributed by atoms with Gasteiger partial charge in [0.1, 0.15) is 5.75 Å². The predicted octanol–water partition coefficient (Wildman–Crippen LogP) is 2.97. The van der Waals surface area contributed by atoms with Crippen LogP contribution in [0.2, 0.25) is 5.02 Å². The molecule has 0 saturated heterocycles. The van der Waals surface area contributed by atoms with Gasteiger partial charge in [0.25, 0.3) is 5.56 Å². The molecule has 0 amide bonds. The van der Waals surface area contributed by atoms with Crippen molar-refractivity contribution in [1.29, 1.82) is 0 Å². The van der Waals surface area contributed by atoms with E-state index in [2.05, 4.69) is 20.5 Å². The summed E-state index contributed by atoms with van der Waals surface area (Å²) >= 11 is 6.33. The van der Waals surface area contributed by atoms with E-state index >= 15 is 0 Å². The summed E-state index contributed by atoms with van der Waals surface area (Å²) in [5.74, 6) is 1.08. The lowest BCUT2D eigenvalue weighted by Crippen LogP contribution is -2.29. The van der Waals surface area contributed by atoms with Gasteiger partial charge in [-0.1, -0.05) is 29.8 Å². The third-order valence-corrected chi connectivity index (χ3v) is 5.23. The molecule has 0 radical (unpaired) electrons. The van der Waals surface area contributed by atoms with Crippen LogP contribution in [0.5, 0.6) is 5.75 Å². The summed E-state index contributed by atoms with van der Waals surface area (Å²) < 4.78 is 8.36. The highest BCUT2D eigenvalue weighted by molar-refractivity contribution is 6.31. The molecule has 10 heteroatoms. The molecule has 4 rings (SSSR count). The number of ether oxygens (including phenoxy) is 1. The second-order valence-electron chi connectivity index (χ2n) is 6.98. The van der Waals surface area contributed by atoms with Gasteiger partial charge in [-0.15, -0.1) is 0 Å². The number of nitrogens with zero attached hydrogens (tertiary/aromatic N) is 4.